The van der Waals surface area contributed by atoms with Gasteiger partial charge in [0.2, 0.25) is 6.10 Å². The van der Waals surface area contributed by atoms with Crippen LogP contribution >= 0.6 is 12.4 Å². The number of ether oxygens (including phenoxy) is 1. The number of carboxylic acid groups (broad SMARTS) is 3. The quantitative estimate of drug-likeness (QED) is 0.256. The fraction of sp³-hybridized carbons (Fsp3) is 0.500. The molecule has 6 N–H and O–H groups in total. The van der Waals surface area contributed by atoms with E-state index in [1.807, 2.05) is 0 Å². The SMILES string of the molecule is Cl.O=C(O)C(O)C(O)C(=O)OC(C(=O)O)C(O)C(=O)O. The second-order valence-electron chi connectivity index (χ2n) is 3.21. The lowest BCUT2D eigenvalue weighted by molar-refractivity contribution is -0.188. The van der Waals surface area contributed by atoms with Gasteiger partial charge in [0.15, 0.2) is 18.3 Å². The summed E-state index contributed by atoms with van der Waals surface area (Å²) in [6, 6.07) is 0. The van der Waals surface area contributed by atoms with Gasteiger partial charge in [0.1, 0.15) is 0 Å². The molecule has 0 rings (SSSR count). The maximum absolute atomic E-state index is 11.1. The molecule has 0 aliphatic rings. The Labute approximate surface area is 116 Å². The third kappa shape index (κ3) is 5.36. The van der Waals surface area contributed by atoms with Crippen LogP contribution in [-0.4, -0.2) is 78.9 Å². The first-order valence-corrected chi connectivity index (χ1v) is 4.52. The highest BCUT2D eigenvalue weighted by Crippen LogP contribution is 2.06. The molecule has 0 aliphatic carbocycles. The van der Waals surface area contributed by atoms with E-state index in [1.54, 1.807) is 0 Å². The van der Waals surface area contributed by atoms with Gasteiger partial charge in [0, 0.05) is 0 Å². The van der Waals surface area contributed by atoms with Crippen LogP contribution in [0.5, 0.6) is 0 Å². The van der Waals surface area contributed by atoms with Crippen molar-refractivity contribution in [3.63, 3.8) is 0 Å². The summed E-state index contributed by atoms with van der Waals surface area (Å²) in [4.78, 5) is 42.2. The number of hydrogen-bond acceptors (Lipinski definition) is 8. The highest BCUT2D eigenvalue weighted by Gasteiger charge is 2.39. The van der Waals surface area contributed by atoms with Gasteiger partial charge >= 0.3 is 23.9 Å². The van der Waals surface area contributed by atoms with Crippen LogP contribution in [0.15, 0.2) is 0 Å². The molecule has 11 nitrogen and oxygen atoms in total. The van der Waals surface area contributed by atoms with Crippen LogP contribution in [0.2, 0.25) is 0 Å². The normalized spacial score (nSPS) is 15.9. The highest BCUT2D eigenvalue weighted by atomic mass is 35.5. The smallest absolute Gasteiger partial charge is 0.348 e. The summed E-state index contributed by atoms with van der Waals surface area (Å²) in [6.45, 7) is 0. The van der Waals surface area contributed by atoms with Gasteiger partial charge in [0.05, 0.1) is 0 Å². The number of carboxylic acids is 3. The molecule has 12 heteroatoms. The molecule has 0 saturated heterocycles. The molecule has 0 aromatic heterocycles. The van der Waals surface area contributed by atoms with Crippen LogP contribution in [0.1, 0.15) is 0 Å². The molecule has 20 heavy (non-hydrogen) atoms. The van der Waals surface area contributed by atoms with Crippen molar-refractivity contribution in [2.45, 2.75) is 24.4 Å². The van der Waals surface area contributed by atoms with E-state index in [0.29, 0.717) is 0 Å². The van der Waals surface area contributed by atoms with Crippen molar-refractivity contribution in [1.82, 2.24) is 0 Å². The number of hydrogen-bond donors (Lipinski definition) is 6. The van der Waals surface area contributed by atoms with Gasteiger partial charge in [-0.2, -0.15) is 0 Å². The number of aliphatic hydroxyl groups is 3. The van der Waals surface area contributed by atoms with Crippen molar-refractivity contribution in [3.8, 4) is 0 Å². The molecule has 0 amide bonds. The summed E-state index contributed by atoms with van der Waals surface area (Å²) in [5.41, 5.74) is 0. The van der Waals surface area contributed by atoms with E-state index >= 15 is 0 Å². The van der Waals surface area contributed by atoms with Gasteiger partial charge in [-0.05, 0) is 0 Å². The Balaban J connectivity index is 0. The van der Waals surface area contributed by atoms with Gasteiger partial charge < -0.3 is 35.4 Å². The number of rotatable bonds is 7. The molecular weight excluding hydrogens is 308 g/mol. The van der Waals surface area contributed by atoms with Crippen LogP contribution < -0.4 is 0 Å². The maximum Gasteiger partial charge on any atom is 0.348 e. The molecule has 0 saturated carbocycles. The van der Waals surface area contributed by atoms with E-state index in [-0.39, 0.29) is 12.4 Å². The molecule has 4 atom stereocenters. The van der Waals surface area contributed by atoms with Gasteiger partial charge in [0.25, 0.3) is 0 Å². The molecule has 0 bridgehead atoms. The van der Waals surface area contributed by atoms with Crippen LogP contribution in [0.25, 0.3) is 0 Å². The molecule has 0 radical (unpaired) electrons. The zero-order valence-electron chi connectivity index (χ0n) is 9.44. The van der Waals surface area contributed by atoms with Gasteiger partial charge in [-0.25, -0.2) is 19.2 Å². The zero-order chi connectivity index (χ0) is 15.3. The van der Waals surface area contributed by atoms with Crippen molar-refractivity contribution < 1.29 is 54.6 Å². The van der Waals surface area contributed by atoms with E-state index in [4.69, 9.17) is 30.6 Å². The third-order valence-electron chi connectivity index (χ3n) is 1.82. The average Bonchev–Trinajstić information content (AvgIpc) is 2.31. The molecule has 0 aliphatic heterocycles. The predicted octanol–water partition coefficient (Wildman–Crippen LogP) is -3.34. The largest absolute Gasteiger partial charge is 0.479 e. The molecule has 0 heterocycles. The van der Waals surface area contributed by atoms with Crippen LogP contribution in [0, 0.1) is 0 Å². The Kier molecular flexibility index (Phi) is 8.42. The Bertz CT molecular complexity index is 394. The van der Waals surface area contributed by atoms with Crippen molar-refractivity contribution in [2.75, 3.05) is 0 Å². The van der Waals surface area contributed by atoms with E-state index in [0.717, 1.165) is 0 Å². The average molecular weight is 319 g/mol. The second-order valence-corrected chi connectivity index (χ2v) is 3.21. The van der Waals surface area contributed by atoms with Gasteiger partial charge in [-0.15, -0.1) is 12.4 Å². The van der Waals surface area contributed by atoms with Crippen molar-refractivity contribution in [2.24, 2.45) is 0 Å². The number of esters is 1. The number of halogens is 1. The summed E-state index contributed by atoms with van der Waals surface area (Å²) in [5.74, 6) is -7.97. The van der Waals surface area contributed by atoms with Crippen molar-refractivity contribution >= 4 is 36.3 Å². The molecule has 0 fully saturated rings. The fourth-order valence-corrected chi connectivity index (χ4v) is 0.838. The number of aliphatic carboxylic acids is 3. The molecule has 0 spiro atoms. The van der Waals surface area contributed by atoms with E-state index in [1.165, 1.54) is 0 Å². The van der Waals surface area contributed by atoms with Crippen LogP contribution in [0.3, 0.4) is 0 Å². The summed E-state index contributed by atoms with van der Waals surface area (Å²) in [7, 11) is 0. The Morgan fingerprint density at radius 1 is 0.700 bits per heavy atom. The Morgan fingerprint density at radius 3 is 1.40 bits per heavy atom. The van der Waals surface area contributed by atoms with E-state index in [9.17, 15) is 19.2 Å². The summed E-state index contributed by atoms with van der Waals surface area (Å²) in [5, 5.41) is 51.8. The first kappa shape index (κ1) is 20.4. The van der Waals surface area contributed by atoms with Crippen molar-refractivity contribution in [1.29, 1.82) is 0 Å². The van der Waals surface area contributed by atoms with Crippen LogP contribution in [-0.2, 0) is 23.9 Å². The number of carbonyl (C=O) groups is 4. The number of carbonyl (C=O) groups excluding carboxylic acids is 1. The van der Waals surface area contributed by atoms with Crippen molar-refractivity contribution in [3.05, 3.63) is 0 Å². The standard InChI is InChI=1S/C8H10O11.ClH/c9-1(5(12)13)2(10)8(18)19-4(7(16)17)3(11)6(14)15;/h1-4,9-11H,(H,12,13)(H,14,15)(H,16,17);1H. The van der Waals surface area contributed by atoms with E-state index in [2.05, 4.69) is 4.74 Å². The lowest BCUT2D eigenvalue weighted by Crippen LogP contribution is -2.47. The minimum absolute atomic E-state index is 0. The molecule has 116 valence electrons. The minimum atomic E-state index is -2.64. The second kappa shape index (κ2) is 8.27. The summed E-state index contributed by atoms with van der Waals surface area (Å²) >= 11 is 0. The summed E-state index contributed by atoms with van der Waals surface area (Å²) in [6.07, 6.45) is -10.4. The van der Waals surface area contributed by atoms with Gasteiger partial charge in [-0.3, -0.25) is 0 Å². The highest BCUT2D eigenvalue weighted by molar-refractivity contribution is 5.88. The number of aliphatic hydroxyl groups excluding tert-OH is 3. The van der Waals surface area contributed by atoms with Crippen LogP contribution in [0.4, 0.5) is 0 Å². The molecular formula is C8H11ClO11. The molecule has 0 aromatic carbocycles. The Hall–Kier alpha value is -1.95. The predicted molar refractivity (Wildman–Crippen MR) is 58.1 cm³/mol. The zero-order valence-corrected chi connectivity index (χ0v) is 10.3. The van der Waals surface area contributed by atoms with Gasteiger partial charge in [-0.1, -0.05) is 0 Å². The first-order valence-electron chi connectivity index (χ1n) is 4.52. The topological polar surface area (TPSA) is 199 Å². The third-order valence-corrected chi connectivity index (χ3v) is 1.82. The maximum atomic E-state index is 11.1. The molecule has 0 aromatic rings. The molecule has 4 unspecified atom stereocenters. The lowest BCUT2D eigenvalue weighted by atomic mass is 10.2. The Morgan fingerprint density at radius 2 is 1.10 bits per heavy atom. The summed E-state index contributed by atoms with van der Waals surface area (Å²) < 4.78 is 3.93. The minimum Gasteiger partial charge on any atom is -0.479 e. The monoisotopic (exact) mass is 318 g/mol. The lowest BCUT2D eigenvalue weighted by Gasteiger charge is -2.19. The van der Waals surface area contributed by atoms with E-state index < -0.39 is 48.3 Å². The first-order chi connectivity index (χ1) is 8.59. The fourth-order valence-electron chi connectivity index (χ4n) is 0.838.